The van der Waals surface area contributed by atoms with Crippen molar-refractivity contribution in [2.75, 3.05) is 4.90 Å². The Balaban J connectivity index is 2.35. The maximum absolute atomic E-state index is 2.59. The molecule has 146 valence electrons. The van der Waals surface area contributed by atoms with Gasteiger partial charge in [-0.2, -0.15) is 0 Å². The predicted molar refractivity (Wildman–Crippen MR) is 137 cm³/mol. The molecule has 3 rings (SSSR count). The van der Waals surface area contributed by atoms with Crippen LogP contribution in [0, 0.1) is 0 Å². The van der Waals surface area contributed by atoms with Crippen molar-refractivity contribution >= 4 is 59.0 Å². The Morgan fingerprint density at radius 3 is 0.929 bits per heavy atom. The number of rotatable bonds is 6. The van der Waals surface area contributed by atoms with Crippen LogP contribution in [-0.2, 0) is 0 Å². The van der Waals surface area contributed by atoms with Crippen LogP contribution in [0.1, 0.15) is 0 Å². The standard InChI is InChI=1S/C24H33NSi3/c1-26(2)22-16-10-7-13-19(22)25(20-14-8-11-17-23(20)27(3)4)21-15-9-12-18-24(21)28(5)6/h7-18,26-28H,1-6H3. The first-order chi connectivity index (χ1) is 13.4. The van der Waals surface area contributed by atoms with Crippen molar-refractivity contribution in [3.8, 4) is 0 Å². The van der Waals surface area contributed by atoms with Crippen LogP contribution in [0.4, 0.5) is 17.1 Å². The molecule has 0 aliphatic heterocycles. The fourth-order valence-corrected chi connectivity index (χ4v) is 7.87. The first kappa shape index (κ1) is 20.8. The zero-order valence-corrected chi connectivity index (χ0v) is 21.6. The van der Waals surface area contributed by atoms with Crippen molar-refractivity contribution in [3.63, 3.8) is 0 Å². The lowest BCUT2D eigenvalue weighted by Gasteiger charge is -2.33. The molecular formula is C24H33NSi3. The van der Waals surface area contributed by atoms with Gasteiger partial charge in [-0.25, -0.2) is 0 Å². The lowest BCUT2D eigenvalue weighted by atomic mass is 10.2. The molecule has 0 radical (unpaired) electrons. The molecule has 3 aromatic rings. The highest BCUT2D eigenvalue weighted by Gasteiger charge is 2.23. The van der Waals surface area contributed by atoms with Gasteiger partial charge < -0.3 is 4.90 Å². The Kier molecular flexibility index (Phi) is 6.75. The monoisotopic (exact) mass is 419 g/mol. The summed E-state index contributed by atoms with van der Waals surface area (Å²) < 4.78 is 0. The second-order valence-corrected chi connectivity index (χ2v) is 17.3. The third-order valence-electron chi connectivity index (χ3n) is 5.40. The van der Waals surface area contributed by atoms with E-state index in [4.69, 9.17) is 0 Å². The van der Waals surface area contributed by atoms with E-state index in [9.17, 15) is 0 Å². The van der Waals surface area contributed by atoms with E-state index in [2.05, 4.69) is 117 Å². The molecule has 3 aromatic carbocycles. The van der Waals surface area contributed by atoms with Gasteiger partial charge in [0.15, 0.2) is 0 Å². The minimum atomic E-state index is -0.971. The fraction of sp³-hybridized carbons (Fsp3) is 0.250. The second kappa shape index (κ2) is 9.07. The molecule has 0 atom stereocenters. The van der Waals surface area contributed by atoms with Crippen molar-refractivity contribution in [1.82, 2.24) is 0 Å². The average Bonchev–Trinajstić information content (AvgIpc) is 2.69. The predicted octanol–water partition coefficient (Wildman–Crippen LogP) is 4.24. The van der Waals surface area contributed by atoms with Gasteiger partial charge in [0.2, 0.25) is 0 Å². The fourth-order valence-electron chi connectivity index (χ4n) is 3.93. The van der Waals surface area contributed by atoms with Gasteiger partial charge in [-0.15, -0.1) is 0 Å². The molecule has 0 N–H and O–H groups in total. The van der Waals surface area contributed by atoms with Gasteiger partial charge in [-0.1, -0.05) is 93.9 Å². The number of hydrogen-bond acceptors (Lipinski definition) is 1. The topological polar surface area (TPSA) is 3.24 Å². The van der Waals surface area contributed by atoms with Gasteiger partial charge >= 0.3 is 0 Å². The van der Waals surface area contributed by atoms with E-state index in [1.54, 1.807) is 15.6 Å². The molecule has 0 heterocycles. The zero-order chi connectivity index (χ0) is 20.3. The molecule has 0 aromatic heterocycles. The second-order valence-electron chi connectivity index (χ2n) is 8.48. The largest absolute Gasteiger partial charge is 0.311 e. The molecule has 0 saturated carbocycles. The van der Waals surface area contributed by atoms with E-state index in [1.165, 1.54) is 17.1 Å². The summed E-state index contributed by atoms with van der Waals surface area (Å²) in [5.41, 5.74) is 4.15. The van der Waals surface area contributed by atoms with Crippen LogP contribution in [-0.4, -0.2) is 26.4 Å². The van der Waals surface area contributed by atoms with Crippen molar-refractivity contribution in [1.29, 1.82) is 0 Å². The van der Waals surface area contributed by atoms with Crippen LogP contribution < -0.4 is 20.5 Å². The molecule has 0 aliphatic carbocycles. The van der Waals surface area contributed by atoms with Crippen LogP contribution in [0.15, 0.2) is 72.8 Å². The molecule has 1 nitrogen and oxygen atoms in total. The quantitative estimate of drug-likeness (QED) is 0.540. The van der Waals surface area contributed by atoms with Crippen molar-refractivity contribution in [2.24, 2.45) is 0 Å². The smallest absolute Gasteiger partial charge is 0.0674 e. The number of para-hydroxylation sites is 3. The SMILES string of the molecule is C[SiH](C)c1ccccc1N(c1ccccc1[SiH](C)C)c1ccccc1[SiH](C)C. The lowest BCUT2D eigenvalue weighted by molar-refractivity contribution is 1.31. The Hall–Kier alpha value is -1.89. The van der Waals surface area contributed by atoms with Crippen molar-refractivity contribution < 1.29 is 0 Å². The summed E-state index contributed by atoms with van der Waals surface area (Å²) >= 11 is 0. The van der Waals surface area contributed by atoms with Gasteiger partial charge in [-0.3, -0.25) is 0 Å². The van der Waals surface area contributed by atoms with Crippen LogP contribution in [0.2, 0.25) is 39.3 Å². The van der Waals surface area contributed by atoms with Crippen LogP contribution in [0.25, 0.3) is 0 Å². The molecule has 0 spiro atoms. The molecule has 0 unspecified atom stereocenters. The van der Waals surface area contributed by atoms with Gasteiger partial charge in [0.25, 0.3) is 0 Å². The number of anilines is 3. The van der Waals surface area contributed by atoms with E-state index in [-0.39, 0.29) is 0 Å². The summed E-state index contributed by atoms with van der Waals surface area (Å²) in [6.07, 6.45) is 0. The van der Waals surface area contributed by atoms with Gasteiger partial charge in [0.05, 0.1) is 26.4 Å². The minimum Gasteiger partial charge on any atom is -0.311 e. The first-order valence-corrected chi connectivity index (χ1v) is 19.1. The maximum atomic E-state index is 2.59. The normalized spacial score (nSPS) is 11.5. The number of benzene rings is 3. The molecule has 0 bridgehead atoms. The summed E-state index contributed by atoms with van der Waals surface area (Å²) in [5.74, 6) is 0. The van der Waals surface area contributed by atoms with Gasteiger partial charge in [0.1, 0.15) is 0 Å². The van der Waals surface area contributed by atoms with Gasteiger partial charge in [0, 0.05) is 17.1 Å². The Morgan fingerprint density at radius 2 is 0.679 bits per heavy atom. The molecule has 28 heavy (non-hydrogen) atoms. The van der Waals surface area contributed by atoms with Crippen LogP contribution in [0.3, 0.4) is 0 Å². The number of hydrogen-bond donors (Lipinski definition) is 0. The maximum Gasteiger partial charge on any atom is 0.0674 e. The average molecular weight is 420 g/mol. The van der Waals surface area contributed by atoms with Gasteiger partial charge in [-0.05, 0) is 33.8 Å². The van der Waals surface area contributed by atoms with E-state index in [0.717, 1.165) is 0 Å². The summed E-state index contributed by atoms with van der Waals surface area (Å²) in [6.45, 7) is 14.6. The summed E-state index contributed by atoms with van der Waals surface area (Å²) in [4.78, 5) is 2.59. The molecular weight excluding hydrogens is 387 g/mol. The highest BCUT2D eigenvalue weighted by atomic mass is 28.3. The molecule has 0 aliphatic rings. The van der Waals surface area contributed by atoms with Crippen LogP contribution >= 0.6 is 0 Å². The minimum absolute atomic E-state index is 0.971. The summed E-state index contributed by atoms with van der Waals surface area (Å²) in [6, 6.07) is 27.3. The van der Waals surface area contributed by atoms with Crippen molar-refractivity contribution in [3.05, 3.63) is 72.8 Å². The Labute approximate surface area is 175 Å². The molecule has 0 saturated heterocycles. The lowest BCUT2D eigenvalue weighted by Crippen LogP contribution is -2.37. The van der Waals surface area contributed by atoms with Crippen LogP contribution in [0.5, 0.6) is 0 Å². The Morgan fingerprint density at radius 1 is 0.429 bits per heavy atom. The summed E-state index contributed by atoms with van der Waals surface area (Å²) in [5, 5.41) is 4.63. The number of nitrogens with zero attached hydrogens (tertiary/aromatic N) is 1. The summed E-state index contributed by atoms with van der Waals surface area (Å²) in [7, 11) is -2.91. The highest BCUT2D eigenvalue weighted by Crippen LogP contribution is 2.32. The molecule has 0 fully saturated rings. The van der Waals surface area contributed by atoms with E-state index in [0.29, 0.717) is 0 Å². The van der Waals surface area contributed by atoms with E-state index >= 15 is 0 Å². The Bertz CT molecular complexity index is 812. The zero-order valence-electron chi connectivity index (χ0n) is 18.1. The third kappa shape index (κ3) is 4.24. The molecule has 4 heteroatoms. The molecule has 0 amide bonds. The van der Waals surface area contributed by atoms with Crippen molar-refractivity contribution in [2.45, 2.75) is 39.3 Å². The highest BCUT2D eigenvalue weighted by molar-refractivity contribution is 6.74. The van der Waals surface area contributed by atoms with E-state index < -0.39 is 26.4 Å². The third-order valence-corrected chi connectivity index (χ3v) is 10.6. The first-order valence-electron chi connectivity index (χ1n) is 10.5. The van der Waals surface area contributed by atoms with E-state index in [1.807, 2.05) is 0 Å².